The van der Waals surface area contributed by atoms with E-state index in [9.17, 15) is 9.59 Å². The number of carbonyl (C=O) groups is 2. The Bertz CT molecular complexity index is 521. The van der Waals surface area contributed by atoms with Crippen LogP contribution in [0.4, 0.5) is 0 Å². The number of carboxylic acids is 1. The van der Waals surface area contributed by atoms with Crippen LogP contribution in [0.1, 0.15) is 54.1 Å². The molecule has 0 saturated heterocycles. The standard InChI is InChI=1S/C15H23N3O4/c1-18-9-12(14(17-18)11-5-3-2-4-6-11)15(21)16-7-8-22-10-13(19)20/h9,11H,2-8,10H2,1H3,(H,16,21)(H,19,20). The second kappa shape index (κ2) is 7.93. The lowest BCUT2D eigenvalue weighted by molar-refractivity contribution is -0.142. The molecule has 0 bridgehead atoms. The lowest BCUT2D eigenvalue weighted by Crippen LogP contribution is -2.28. The van der Waals surface area contributed by atoms with Gasteiger partial charge < -0.3 is 15.2 Å². The van der Waals surface area contributed by atoms with Crippen molar-refractivity contribution >= 4 is 11.9 Å². The molecule has 1 amide bonds. The number of aryl methyl sites for hydroxylation is 1. The van der Waals surface area contributed by atoms with Crippen LogP contribution in [0.2, 0.25) is 0 Å². The van der Waals surface area contributed by atoms with Crippen LogP contribution >= 0.6 is 0 Å². The van der Waals surface area contributed by atoms with E-state index in [1.165, 1.54) is 19.3 Å². The number of nitrogens with zero attached hydrogens (tertiary/aromatic N) is 2. The molecule has 122 valence electrons. The highest BCUT2D eigenvalue weighted by Crippen LogP contribution is 2.33. The van der Waals surface area contributed by atoms with Crippen LogP contribution < -0.4 is 5.32 Å². The van der Waals surface area contributed by atoms with E-state index >= 15 is 0 Å². The zero-order valence-electron chi connectivity index (χ0n) is 12.9. The summed E-state index contributed by atoms with van der Waals surface area (Å²) in [4.78, 5) is 22.6. The SMILES string of the molecule is Cn1cc(C(=O)NCCOCC(=O)O)c(C2CCCCC2)n1. The number of rotatable bonds is 7. The van der Waals surface area contributed by atoms with Crippen LogP contribution in [0.25, 0.3) is 0 Å². The van der Waals surface area contributed by atoms with E-state index < -0.39 is 5.97 Å². The van der Waals surface area contributed by atoms with E-state index in [0.717, 1.165) is 18.5 Å². The Morgan fingerprint density at radius 3 is 2.82 bits per heavy atom. The summed E-state index contributed by atoms with van der Waals surface area (Å²) < 4.78 is 6.58. The molecule has 1 aromatic heterocycles. The number of aliphatic carboxylic acids is 1. The molecule has 2 rings (SSSR count). The molecule has 1 aliphatic rings. The normalized spacial score (nSPS) is 15.7. The van der Waals surface area contributed by atoms with Crippen LogP contribution in [0.3, 0.4) is 0 Å². The number of hydrogen-bond donors (Lipinski definition) is 2. The van der Waals surface area contributed by atoms with Crippen LogP contribution in [-0.2, 0) is 16.6 Å². The largest absolute Gasteiger partial charge is 0.480 e. The molecule has 1 fully saturated rings. The van der Waals surface area contributed by atoms with Crippen LogP contribution in [0.5, 0.6) is 0 Å². The molecule has 7 heteroatoms. The highest BCUT2D eigenvalue weighted by Gasteiger charge is 2.24. The number of aromatic nitrogens is 2. The lowest BCUT2D eigenvalue weighted by atomic mass is 9.85. The fourth-order valence-electron chi connectivity index (χ4n) is 2.85. The Kier molecular flexibility index (Phi) is 5.94. The maximum Gasteiger partial charge on any atom is 0.329 e. The van der Waals surface area contributed by atoms with Gasteiger partial charge >= 0.3 is 5.97 Å². The van der Waals surface area contributed by atoms with Crippen molar-refractivity contribution in [3.63, 3.8) is 0 Å². The fourth-order valence-corrected chi connectivity index (χ4v) is 2.85. The zero-order valence-corrected chi connectivity index (χ0v) is 12.9. The van der Waals surface area contributed by atoms with Gasteiger partial charge in [-0.2, -0.15) is 5.10 Å². The van der Waals surface area contributed by atoms with Crippen molar-refractivity contribution in [3.05, 3.63) is 17.5 Å². The third-order valence-electron chi connectivity index (χ3n) is 3.85. The smallest absolute Gasteiger partial charge is 0.329 e. The van der Waals surface area contributed by atoms with Gasteiger partial charge in [0.1, 0.15) is 6.61 Å². The monoisotopic (exact) mass is 309 g/mol. The van der Waals surface area contributed by atoms with Gasteiger partial charge in [0.25, 0.3) is 5.91 Å². The van der Waals surface area contributed by atoms with Crippen molar-refractivity contribution in [2.45, 2.75) is 38.0 Å². The van der Waals surface area contributed by atoms with Gasteiger partial charge in [0, 0.05) is 25.7 Å². The molecular formula is C15H23N3O4. The first-order valence-electron chi connectivity index (χ1n) is 7.69. The lowest BCUT2D eigenvalue weighted by Gasteiger charge is -2.20. The van der Waals surface area contributed by atoms with Crippen LogP contribution in [0.15, 0.2) is 6.20 Å². The fraction of sp³-hybridized carbons (Fsp3) is 0.667. The Morgan fingerprint density at radius 2 is 2.14 bits per heavy atom. The van der Waals surface area contributed by atoms with Crippen LogP contribution in [0, 0.1) is 0 Å². The van der Waals surface area contributed by atoms with Crippen molar-refractivity contribution in [2.24, 2.45) is 7.05 Å². The second-order valence-electron chi connectivity index (χ2n) is 5.64. The third-order valence-corrected chi connectivity index (χ3v) is 3.85. The minimum Gasteiger partial charge on any atom is -0.480 e. The summed E-state index contributed by atoms with van der Waals surface area (Å²) in [5.41, 5.74) is 1.50. The molecule has 1 heterocycles. The van der Waals surface area contributed by atoms with Crippen molar-refractivity contribution in [2.75, 3.05) is 19.8 Å². The van der Waals surface area contributed by atoms with E-state index in [0.29, 0.717) is 11.5 Å². The van der Waals surface area contributed by atoms with Gasteiger partial charge in [-0.1, -0.05) is 19.3 Å². The molecule has 1 aromatic rings. The number of nitrogens with one attached hydrogen (secondary N) is 1. The molecule has 0 radical (unpaired) electrons. The van der Waals surface area contributed by atoms with Gasteiger partial charge in [-0.05, 0) is 12.8 Å². The predicted octanol–water partition coefficient (Wildman–Crippen LogP) is 1.30. The maximum absolute atomic E-state index is 12.3. The molecule has 1 aliphatic carbocycles. The Labute approximate surface area is 129 Å². The summed E-state index contributed by atoms with van der Waals surface area (Å²) in [6.07, 6.45) is 7.54. The number of carbonyl (C=O) groups excluding carboxylic acids is 1. The highest BCUT2D eigenvalue weighted by atomic mass is 16.5. The van der Waals surface area contributed by atoms with Gasteiger partial charge in [-0.15, -0.1) is 0 Å². The molecule has 1 saturated carbocycles. The second-order valence-corrected chi connectivity index (χ2v) is 5.64. The van der Waals surface area contributed by atoms with Crippen molar-refractivity contribution in [1.29, 1.82) is 0 Å². The summed E-state index contributed by atoms with van der Waals surface area (Å²) in [7, 11) is 1.82. The molecule has 2 N–H and O–H groups in total. The van der Waals surface area contributed by atoms with E-state index in [-0.39, 0.29) is 25.7 Å². The summed E-state index contributed by atoms with van der Waals surface area (Å²) in [5, 5.41) is 15.7. The van der Waals surface area contributed by atoms with Gasteiger partial charge in [-0.3, -0.25) is 9.48 Å². The van der Waals surface area contributed by atoms with Gasteiger partial charge in [-0.25, -0.2) is 4.79 Å². The Hall–Kier alpha value is -1.89. The minimum absolute atomic E-state index is 0.174. The molecular weight excluding hydrogens is 286 g/mol. The summed E-state index contributed by atoms with van der Waals surface area (Å²) in [6, 6.07) is 0. The van der Waals surface area contributed by atoms with Gasteiger partial charge in [0.05, 0.1) is 17.9 Å². The van der Waals surface area contributed by atoms with Crippen molar-refractivity contribution in [3.8, 4) is 0 Å². The molecule has 0 aromatic carbocycles. The molecule has 0 spiro atoms. The molecule has 22 heavy (non-hydrogen) atoms. The maximum atomic E-state index is 12.3. The first-order chi connectivity index (χ1) is 10.6. The minimum atomic E-state index is -1.02. The molecule has 0 atom stereocenters. The van der Waals surface area contributed by atoms with E-state index in [1.807, 2.05) is 7.05 Å². The van der Waals surface area contributed by atoms with E-state index in [4.69, 9.17) is 9.84 Å². The van der Waals surface area contributed by atoms with E-state index in [1.54, 1.807) is 10.9 Å². The topological polar surface area (TPSA) is 93.5 Å². The van der Waals surface area contributed by atoms with Crippen molar-refractivity contribution < 1.29 is 19.4 Å². The number of ether oxygens (including phenoxy) is 1. The summed E-state index contributed by atoms with van der Waals surface area (Å²) >= 11 is 0. The van der Waals surface area contributed by atoms with Gasteiger partial charge in [0.2, 0.25) is 0 Å². The number of carboxylic acid groups (broad SMARTS) is 1. The number of hydrogen-bond acceptors (Lipinski definition) is 4. The quantitative estimate of drug-likeness (QED) is 0.740. The summed E-state index contributed by atoms with van der Waals surface area (Å²) in [5.74, 6) is -0.829. The molecule has 0 aliphatic heterocycles. The first kappa shape index (κ1) is 16.5. The average Bonchev–Trinajstić information content (AvgIpc) is 2.89. The van der Waals surface area contributed by atoms with Crippen LogP contribution in [-0.4, -0.2) is 46.5 Å². The summed E-state index contributed by atoms with van der Waals surface area (Å²) in [6.45, 7) is 0.109. The Morgan fingerprint density at radius 1 is 1.41 bits per heavy atom. The Balaban J connectivity index is 1.90. The van der Waals surface area contributed by atoms with Gasteiger partial charge in [0.15, 0.2) is 0 Å². The molecule has 0 unspecified atom stereocenters. The number of amides is 1. The molecule has 7 nitrogen and oxygen atoms in total. The third kappa shape index (κ3) is 4.56. The highest BCUT2D eigenvalue weighted by molar-refractivity contribution is 5.95. The zero-order chi connectivity index (χ0) is 15.9. The first-order valence-corrected chi connectivity index (χ1v) is 7.69. The predicted molar refractivity (Wildman–Crippen MR) is 79.8 cm³/mol. The van der Waals surface area contributed by atoms with E-state index in [2.05, 4.69) is 10.4 Å². The van der Waals surface area contributed by atoms with Crippen molar-refractivity contribution in [1.82, 2.24) is 15.1 Å². The average molecular weight is 309 g/mol.